The summed E-state index contributed by atoms with van der Waals surface area (Å²) in [5.41, 5.74) is 7.14. The van der Waals surface area contributed by atoms with Crippen LogP contribution in [0.2, 0.25) is 0 Å². The van der Waals surface area contributed by atoms with E-state index in [-0.39, 0.29) is 11.3 Å². The highest BCUT2D eigenvalue weighted by Crippen LogP contribution is 2.30. The number of rotatable bonds is 2. The van der Waals surface area contributed by atoms with E-state index in [0.29, 0.717) is 6.42 Å². The minimum Gasteiger partial charge on any atom is -0.339 e. The molecule has 0 saturated carbocycles. The number of nitrogens with zero attached hydrogens (tertiary/aromatic N) is 1. The number of nitrogens with two attached hydrogens (primary N) is 1. The monoisotopic (exact) mass is 238 g/mol. The van der Waals surface area contributed by atoms with Crippen LogP contribution >= 0.6 is 0 Å². The molecule has 0 fully saturated rings. The molecule has 0 atom stereocenters. The number of amides is 1. The summed E-state index contributed by atoms with van der Waals surface area (Å²) in [5.74, 6) is 0.168. The minimum atomic E-state index is -0.412. The van der Waals surface area contributed by atoms with Crippen LogP contribution in [0.4, 0.5) is 0 Å². The van der Waals surface area contributed by atoms with Gasteiger partial charge in [0.05, 0.1) is 0 Å². The van der Waals surface area contributed by atoms with E-state index in [9.17, 15) is 4.79 Å². The van der Waals surface area contributed by atoms with Crippen molar-refractivity contribution in [1.82, 2.24) is 4.90 Å². The summed E-state index contributed by atoms with van der Waals surface area (Å²) in [6.07, 6.45) is 3.61. The molecular formula is C14H26N2O. The van der Waals surface area contributed by atoms with Crippen molar-refractivity contribution >= 4 is 5.91 Å². The average molecular weight is 238 g/mol. The molecule has 0 bridgehead atoms. The van der Waals surface area contributed by atoms with E-state index in [1.54, 1.807) is 0 Å². The molecule has 1 aliphatic rings. The number of hydrogen-bond acceptors (Lipinski definition) is 2. The predicted octanol–water partition coefficient (Wildman–Crippen LogP) is 2.32. The smallest absolute Gasteiger partial charge is 0.224 e. The third kappa shape index (κ3) is 4.50. The zero-order valence-electron chi connectivity index (χ0n) is 11.8. The van der Waals surface area contributed by atoms with Crippen LogP contribution in [0, 0.1) is 5.41 Å². The zero-order chi connectivity index (χ0) is 13.3. The molecule has 0 aromatic rings. The van der Waals surface area contributed by atoms with E-state index in [1.165, 1.54) is 5.57 Å². The van der Waals surface area contributed by atoms with Crippen LogP contribution in [0.3, 0.4) is 0 Å². The summed E-state index contributed by atoms with van der Waals surface area (Å²) in [6.45, 7) is 12.0. The van der Waals surface area contributed by atoms with Crippen molar-refractivity contribution in [2.75, 3.05) is 13.1 Å². The molecule has 0 saturated heterocycles. The van der Waals surface area contributed by atoms with Gasteiger partial charge in [0.15, 0.2) is 0 Å². The molecular weight excluding hydrogens is 212 g/mol. The molecule has 3 heteroatoms. The summed E-state index contributed by atoms with van der Waals surface area (Å²) in [4.78, 5) is 13.9. The van der Waals surface area contributed by atoms with Crippen molar-refractivity contribution in [2.45, 2.75) is 53.0 Å². The highest BCUT2D eigenvalue weighted by atomic mass is 16.2. The van der Waals surface area contributed by atoms with Gasteiger partial charge in [-0.15, -0.1) is 0 Å². The quantitative estimate of drug-likeness (QED) is 0.750. The molecule has 1 amide bonds. The predicted molar refractivity (Wildman–Crippen MR) is 71.6 cm³/mol. The SMILES string of the molecule is CC(C)(N)CC(=O)N1CC=C(C(C)(C)C)CC1. The Bertz CT molecular complexity index is 318. The van der Waals surface area contributed by atoms with Gasteiger partial charge >= 0.3 is 0 Å². The lowest BCUT2D eigenvalue weighted by atomic mass is 9.83. The molecule has 1 heterocycles. The molecule has 0 aliphatic carbocycles. The summed E-state index contributed by atoms with van der Waals surface area (Å²) in [6, 6.07) is 0. The first-order valence-corrected chi connectivity index (χ1v) is 6.36. The highest BCUT2D eigenvalue weighted by Gasteiger charge is 2.25. The van der Waals surface area contributed by atoms with Gasteiger partial charge in [-0.1, -0.05) is 32.4 Å². The Balaban J connectivity index is 2.58. The van der Waals surface area contributed by atoms with Gasteiger partial charge in [0.1, 0.15) is 0 Å². The normalized spacial score (nSPS) is 18.0. The van der Waals surface area contributed by atoms with E-state index in [1.807, 2.05) is 18.7 Å². The van der Waals surface area contributed by atoms with Crippen LogP contribution < -0.4 is 5.73 Å². The lowest BCUT2D eigenvalue weighted by Gasteiger charge is -2.33. The molecule has 0 unspecified atom stereocenters. The van der Waals surface area contributed by atoms with Crippen LogP contribution in [-0.4, -0.2) is 29.4 Å². The average Bonchev–Trinajstić information content (AvgIpc) is 2.14. The Hall–Kier alpha value is -0.830. The molecule has 98 valence electrons. The Morgan fingerprint density at radius 3 is 2.29 bits per heavy atom. The van der Waals surface area contributed by atoms with Gasteiger partial charge in [-0.05, 0) is 25.7 Å². The van der Waals surface area contributed by atoms with Gasteiger partial charge in [0.25, 0.3) is 0 Å². The molecule has 0 spiro atoms. The lowest BCUT2D eigenvalue weighted by Crippen LogP contribution is -2.43. The standard InChI is InChI=1S/C14H26N2O/c1-13(2,3)11-6-8-16(9-7-11)12(17)10-14(4,5)15/h6H,7-10,15H2,1-5H3. The Kier molecular flexibility index (Phi) is 4.03. The van der Waals surface area contributed by atoms with E-state index < -0.39 is 5.54 Å². The van der Waals surface area contributed by atoms with Gasteiger partial charge in [-0.25, -0.2) is 0 Å². The summed E-state index contributed by atoms with van der Waals surface area (Å²) >= 11 is 0. The zero-order valence-corrected chi connectivity index (χ0v) is 11.8. The van der Waals surface area contributed by atoms with Crippen LogP contribution in [0.1, 0.15) is 47.5 Å². The van der Waals surface area contributed by atoms with Crippen molar-refractivity contribution in [3.05, 3.63) is 11.6 Å². The van der Waals surface area contributed by atoms with Crippen LogP contribution in [-0.2, 0) is 4.79 Å². The maximum atomic E-state index is 12.0. The van der Waals surface area contributed by atoms with E-state index in [2.05, 4.69) is 26.8 Å². The topological polar surface area (TPSA) is 46.3 Å². The van der Waals surface area contributed by atoms with Gasteiger partial charge in [-0.3, -0.25) is 4.79 Å². The van der Waals surface area contributed by atoms with Crippen molar-refractivity contribution in [3.8, 4) is 0 Å². The van der Waals surface area contributed by atoms with Crippen molar-refractivity contribution in [2.24, 2.45) is 11.1 Å². The van der Waals surface area contributed by atoms with Crippen LogP contribution in [0.5, 0.6) is 0 Å². The molecule has 17 heavy (non-hydrogen) atoms. The van der Waals surface area contributed by atoms with E-state index in [4.69, 9.17) is 5.73 Å². The third-order valence-electron chi connectivity index (χ3n) is 3.13. The second-order valence-electron chi connectivity index (χ2n) is 6.73. The Morgan fingerprint density at radius 2 is 1.94 bits per heavy atom. The Morgan fingerprint density at radius 1 is 1.35 bits per heavy atom. The molecule has 1 rings (SSSR count). The second-order valence-corrected chi connectivity index (χ2v) is 6.73. The van der Waals surface area contributed by atoms with Gasteiger partial charge in [-0.2, -0.15) is 0 Å². The molecule has 3 nitrogen and oxygen atoms in total. The lowest BCUT2D eigenvalue weighted by molar-refractivity contribution is -0.131. The highest BCUT2D eigenvalue weighted by molar-refractivity contribution is 5.77. The van der Waals surface area contributed by atoms with Gasteiger partial charge < -0.3 is 10.6 Å². The number of hydrogen-bond donors (Lipinski definition) is 1. The third-order valence-corrected chi connectivity index (χ3v) is 3.13. The largest absolute Gasteiger partial charge is 0.339 e. The molecule has 0 aromatic heterocycles. The number of carbonyl (C=O) groups is 1. The molecule has 2 N–H and O–H groups in total. The fraction of sp³-hybridized carbons (Fsp3) is 0.786. The van der Waals surface area contributed by atoms with E-state index >= 15 is 0 Å². The van der Waals surface area contributed by atoms with Crippen molar-refractivity contribution < 1.29 is 4.79 Å². The van der Waals surface area contributed by atoms with Gasteiger partial charge in [0, 0.05) is 25.0 Å². The molecule has 0 radical (unpaired) electrons. The fourth-order valence-corrected chi connectivity index (χ4v) is 2.08. The van der Waals surface area contributed by atoms with Gasteiger partial charge in [0.2, 0.25) is 5.91 Å². The maximum absolute atomic E-state index is 12.0. The fourth-order valence-electron chi connectivity index (χ4n) is 2.08. The summed E-state index contributed by atoms with van der Waals surface area (Å²) in [7, 11) is 0. The van der Waals surface area contributed by atoms with Crippen LogP contribution in [0.15, 0.2) is 11.6 Å². The maximum Gasteiger partial charge on any atom is 0.224 e. The molecule has 1 aliphatic heterocycles. The first kappa shape index (κ1) is 14.2. The summed E-state index contributed by atoms with van der Waals surface area (Å²) in [5, 5.41) is 0. The van der Waals surface area contributed by atoms with E-state index in [0.717, 1.165) is 19.5 Å². The second kappa shape index (κ2) is 4.81. The van der Waals surface area contributed by atoms with Crippen molar-refractivity contribution in [1.29, 1.82) is 0 Å². The van der Waals surface area contributed by atoms with Crippen LogP contribution in [0.25, 0.3) is 0 Å². The van der Waals surface area contributed by atoms with Crippen molar-refractivity contribution in [3.63, 3.8) is 0 Å². The minimum absolute atomic E-state index is 0.168. The molecule has 0 aromatic carbocycles. The first-order valence-electron chi connectivity index (χ1n) is 6.36. The Labute approximate surface area is 105 Å². The first-order chi connectivity index (χ1) is 7.59. The summed E-state index contributed by atoms with van der Waals surface area (Å²) < 4.78 is 0. The number of carbonyl (C=O) groups excluding carboxylic acids is 1.